The second kappa shape index (κ2) is 6.39. The van der Waals surface area contributed by atoms with Gasteiger partial charge in [-0.05, 0) is 44.9 Å². The third-order valence-electron chi connectivity index (χ3n) is 4.96. The van der Waals surface area contributed by atoms with Crippen LogP contribution in [0.1, 0.15) is 64.2 Å². The lowest BCUT2D eigenvalue weighted by atomic mass is 9.99. The number of imidazole rings is 1. The molecule has 2 aliphatic rings. The summed E-state index contributed by atoms with van der Waals surface area (Å²) >= 11 is 0. The largest absolute Gasteiger partial charge is 0.334 e. The quantitative estimate of drug-likeness (QED) is 0.758. The van der Waals surface area contributed by atoms with E-state index in [1.165, 1.54) is 69.8 Å². The van der Waals surface area contributed by atoms with E-state index in [1.807, 2.05) is 6.20 Å². The molecule has 2 aliphatic carbocycles. The van der Waals surface area contributed by atoms with E-state index in [2.05, 4.69) is 17.8 Å². The van der Waals surface area contributed by atoms with E-state index in [1.54, 1.807) is 0 Å². The van der Waals surface area contributed by atoms with Gasteiger partial charge in [-0.2, -0.15) is 0 Å². The van der Waals surface area contributed by atoms with Crippen LogP contribution in [0.3, 0.4) is 0 Å². The highest BCUT2D eigenvalue weighted by Crippen LogP contribution is 2.54. The first-order valence-electron chi connectivity index (χ1n) is 8.12. The minimum atomic E-state index is -0.0240. The van der Waals surface area contributed by atoms with Crippen molar-refractivity contribution >= 4 is 13.5 Å². The second-order valence-corrected chi connectivity index (χ2v) is 9.00. The number of rotatable bonds is 3. The molecule has 0 atom stereocenters. The molecule has 2 nitrogen and oxygen atoms in total. The minimum Gasteiger partial charge on any atom is -0.334 e. The molecule has 3 heteroatoms. The summed E-state index contributed by atoms with van der Waals surface area (Å²) in [6.07, 6.45) is 18.8. The summed E-state index contributed by atoms with van der Waals surface area (Å²) < 4.78 is 2.31. The van der Waals surface area contributed by atoms with E-state index in [0.717, 1.165) is 11.3 Å². The van der Waals surface area contributed by atoms with Crippen molar-refractivity contribution in [3.63, 3.8) is 0 Å². The fourth-order valence-electron chi connectivity index (χ4n) is 3.95. The number of hydrogen-bond donors (Lipinski definition) is 0. The molecule has 2 fully saturated rings. The molecule has 0 radical (unpaired) electrons. The van der Waals surface area contributed by atoms with Gasteiger partial charge in [0.1, 0.15) is 5.57 Å². The highest BCUT2D eigenvalue weighted by Gasteiger charge is 2.34. The first kappa shape index (κ1) is 13.6. The van der Waals surface area contributed by atoms with Gasteiger partial charge in [0.25, 0.3) is 0 Å². The zero-order valence-electron chi connectivity index (χ0n) is 12.2. The third-order valence-corrected chi connectivity index (χ3v) is 8.46. The van der Waals surface area contributed by atoms with E-state index in [-0.39, 0.29) is 7.92 Å². The van der Waals surface area contributed by atoms with Crippen LogP contribution in [0.15, 0.2) is 12.4 Å². The van der Waals surface area contributed by atoms with Crippen molar-refractivity contribution in [2.75, 3.05) is 0 Å². The van der Waals surface area contributed by atoms with Crippen LogP contribution in [0, 0.1) is 0 Å². The molecule has 1 heterocycles. The summed E-state index contributed by atoms with van der Waals surface area (Å²) in [6, 6.07) is 0. The molecule has 1 aromatic heterocycles. The molecule has 2 saturated carbocycles. The Hall–Kier alpha value is -0.360. The van der Waals surface area contributed by atoms with Gasteiger partial charge in [0.2, 0.25) is 0 Å². The number of nitrogens with zero attached hydrogens (tertiary/aromatic N) is 2. The van der Waals surface area contributed by atoms with Crippen LogP contribution in [0.5, 0.6) is 0 Å². The van der Waals surface area contributed by atoms with Crippen molar-refractivity contribution in [1.29, 1.82) is 0 Å². The molecular weight excluding hydrogens is 251 g/mol. The van der Waals surface area contributed by atoms with Crippen molar-refractivity contribution < 1.29 is 0 Å². The van der Waals surface area contributed by atoms with E-state index in [0.29, 0.717) is 0 Å². The molecule has 0 bridgehead atoms. The van der Waals surface area contributed by atoms with Crippen molar-refractivity contribution in [3.05, 3.63) is 12.4 Å². The molecule has 106 valence electrons. The predicted octanol–water partition coefficient (Wildman–Crippen LogP) is 4.19. The SMILES string of the molecule is Cn1ccnc1P(C1CCCCC1)C1CCCCC1. The van der Waals surface area contributed by atoms with E-state index < -0.39 is 0 Å². The van der Waals surface area contributed by atoms with Gasteiger partial charge in [0.15, 0.2) is 0 Å². The van der Waals surface area contributed by atoms with Gasteiger partial charge in [-0.15, -0.1) is 0 Å². The maximum absolute atomic E-state index is 4.76. The van der Waals surface area contributed by atoms with Crippen LogP contribution < -0.4 is 5.57 Å². The maximum Gasteiger partial charge on any atom is 0.131 e. The van der Waals surface area contributed by atoms with Crippen molar-refractivity contribution in [3.8, 4) is 0 Å². The van der Waals surface area contributed by atoms with Gasteiger partial charge in [-0.3, -0.25) is 0 Å². The predicted molar refractivity (Wildman–Crippen MR) is 83.5 cm³/mol. The average Bonchev–Trinajstić information content (AvgIpc) is 2.88. The monoisotopic (exact) mass is 278 g/mol. The van der Waals surface area contributed by atoms with Crippen LogP contribution in [0.4, 0.5) is 0 Å². The molecule has 0 saturated heterocycles. The third kappa shape index (κ3) is 3.05. The molecule has 0 unspecified atom stereocenters. The van der Waals surface area contributed by atoms with E-state index in [9.17, 15) is 0 Å². The summed E-state index contributed by atoms with van der Waals surface area (Å²) in [5.41, 5.74) is 3.37. The van der Waals surface area contributed by atoms with Crippen molar-refractivity contribution in [2.24, 2.45) is 7.05 Å². The number of hydrogen-bond acceptors (Lipinski definition) is 1. The Morgan fingerprint density at radius 3 is 1.89 bits per heavy atom. The Kier molecular flexibility index (Phi) is 4.58. The standard InChI is InChI=1S/C16H27N2P/c1-18-13-12-17-16(18)19(14-8-4-2-5-9-14)15-10-6-3-7-11-15/h12-15H,2-11H2,1H3. The van der Waals surface area contributed by atoms with Gasteiger partial charge in [-0.25, -0.2) is 4.98 Å². The molecule has 0 amide bonds. The first-order chi connectivity index (χ1) is 9.36. The van der Waals surface area contributed by atoms with Crippen LogP contribution >= 0.6 is 7.92 Å². The topological polar surface area (TPSA) is 17.8 Å². The van der Waals surface area contributed by atoms with Crippen molar-refractivity contribution in [1.82, 2.24) is 9.55 Å². The second-order valence-electron chi connectivity index (χ2n) is 6.33. The summed E-state index contributed by atoms with van der Waals surface area (Å²) in [6.45, 7) is 0. The summed E-state index contributed by atoms with van der Waals surface area (Å²) in [5.74, 6) is 0. The zero-order valence-corrected chi connectivity index (χ0v) is 13.1. The smallest absolute Gasteiger partial charge is 0.131 e. The lowest BCUT2D eigenvalue weighted by Crippen LogP contribution is -2.30. The summed E-state index contributed by atoms with van der Waals surface area (Å²) in [7, 11) is 2.17. The van der Waals surface area contributed by atoms with Gasteiger partial charge in [-0.1, -0.05) is 38.5 Å². The molecule has 1 aromatic rings. The van der Waals surface area contributed by atoms with Gasteiger partial charge < -0.3 is 4.57 Å². The number of aryl methyl sites for hydroxylation is 1. The molecule has 0 aliphatic heterocycles. The fraction of sp³-hybridized carbons (Fsp3) is 0.812. The Morgan fingerprint density at radius 1 is 0.947 bits per heavy atom. The molecule has 0 spiro atoms. The molecule has 3 rings (SSSR count). The minimum absolute atomic E-state index is 0.0240. The van der Waals surface area contributed by atoms with Gasteiger partial charge in [0, 0.05) is 19.4 Å². The highest BCUT2D eigenvalue weighted by molar-refractivity contribution is 7.66. The zero-order chi connectivity index (χ0) is 13.1. The highest BCUT2D eigenvalue weighted by atomic mass is 31.1. The lowest BCUT2D eigenvalue weighted by molar-refractivity contribution is 0.486. The maximum atomic E-state index is 4.76. The Bertz CT molecular complexity index is 371. The molecule has 19 heavy (non-hydrogen) atoms. The van der Waals surface area contributed by atoms with Gasteiger partial charge >= 0.3 is 0 Å². The van der Waals surface area contributed by atoms with Crippen LogP contribution in [-0.2, 0) is 7.05 Å². The molecule has 0 aromatic carbocycles. The first-order valence-corrected chi connectivity index (χ1v) is 9.60. The summed E-state index contributed by atoms with van der Waals surface area (Å²) in [4.78, 5) is 4.76. The van der Waals surface area contributed by atoms with Crippen molar-refractivity contribution in [2.45, 2.75) is 75.5 Å². The van der Waals surface area contributed by atoms with Crippen LogP contribution in [-0.4, -0.2) is 20.9 Å². The Balaban J connectivity index is 1.83. The van der Waals surface area contributed by atoms with Gasteiger partial charge in [0.05, 0.1) is 0 Å². The molecular formula is C16H27N2P. The summed E-state index contributed by atoms with van der Waals surface area (Å²) in [5, 5.41) is 0. The van der Waals surface area contributed by atoms with Crippen LogP contribution in [0.2, 0.25) is 0 Å². The van der Waals surface area contributed by atoms with E-state index in [4.69, 9.17) is 4.98 Å². The molecule has 0 N–H and O–H groups in total. The lowest BCUT2D eigenvalue weighted by Gasteiger charge is -2.37. The average molecular weight is 278 g/mol. The Labute approximate surface area is 118 Å². The van der Waals surface area contributed by atoms with Crippen LogP contribution in [0.25, 0.3) is 0 Å². The number of aromatic nitrogens is 2. The van der Waals surface area contributed by atoms with E-state index >= 15 is 0 Å². The Morgan fingerprint density at radius 2 is 1.47 bits per heavy atom. The normalized spacial score (nSPS) is 23.1. The fourth-order valence-corrected chi connectivity index (χ4v) is 7.67.